The van der Waals surface area contributed by atoms with E-state index < -0.39 is 5.25 Å². The van der Waals surface area contributed by atoms with Crippen molar-refractivity contribution < 1.29 is 14.4 Å². The normalized spacial score (nSPS) is 18.6. The number of fused-ring (bicyclic) bond motifs is 1. The third-order valence-corrected chi connectivity index (χ3v) is 6.11. The first kappa shape index (κ1) is 18.6. The molecule has 1 fully saturated rings. The zero-order chi connectivity index (χ0) is 19.5. The molecule has 1 saturated heterocycles. The average Bonchev–Trinajstić information content (AvgIpc) is 3.07. The van der Waals surface area contributed by atoms with Gasteiger partial charge in [-0.05, 0) is 36.2 Å². The Morgan fingerprint density at radius 3 is 2.86 bits per heavy atom. The predicted octanol–water partition coefficient (Wildman–Crippen LogP) is 3.25. The summed E-state index contributed by atoms with van der Waals surface area (Å²) < 4.78 is 0. The second-order valence-electron chi connectivity index (χ2n) is 6.96. The molecule has 2 aromatic rings. The number of hydrogen-bond acceptors (Lipinski definition) is 4. The second-order valence-corrected chi connectivity index (χ2v) is 8.21. The van der Waals surface area contributed by atoms with E-state index >= 15 is 0 Å². The average molecular weight is 395 g/mol. The number of carbonyl (C=O) groups excluding carboxylic acids is 3. The topological polar surface area (TPSA) is 78.5 Å². The van der Waals surface area contributed by atoms with Gasteiger partial charge in [0.15, 0.2) is 0 Å². The SMILES string of the molecule is O=C(CC1Sc2ccccc2NC1=O)Nc1cccc(CN2CCCC2=O)c1. The quantitative estimate of drug-likeness (QED) is 0.815. The van der Waals surface area contributed by atoms with E-state index in [9.17, 15) is 14.4 Å². The first-order valence-corrected chi connectivity index (χ1v) is 10.2. The molecule has 2 N–H and O–H groups in total. The number of benzene rings is 2. The van der Waals surface area contributed by atoms with Gasteiger partial charge in [0, 0.05) is 36.5 Å². The van der Waals surface area contributed by atoms with Crippen LogP contribution in [0.5, 0.6) is 0 Å². The Kier molecular flexibility index (Phi) is 5.34. The number of hydrogen-bond donors (Lipinski definition) is 2. The van der Waals surface area contributed by atoms with Crippen molar-refractivity contribution in [1.29, 1.82) is 0 Å². The highest BCUT2D eigenvalue weighted by Crippen LogP contribution is 2.36. The fourth-order valence-electron chi connectivity index (χ4n) is 3.45. The van der Waals surface area contributed by atoms with Gasteiger partial charge in [0.2, 0.25) is 17.7 Å². The summed E-state index contributed by atoms with van der Waals surface area (Å²) in [6, 6.07) is 15.1. The van der Waals surface area contributed by atoms with E-state index in [-0.39, 0.29) is 24.1 Å². The second kappa shape index (κ2) is 8.06. The molecule has 28 heavy (non-hydrogen) atoms. The smallest absolute Gasteiger partial charge is 0.238 e. The zero-order valence-electron chi connectivity index (χ0n) is 15.3. The summed E-state index contributed by atoms with van der Waals surface area (Å²) in [6.07, 6.45) is 1.61. The molecule has 0 aliphatic carbocycles. The van der Waals surface area contributed by atoms with Gasteiger partial charge in [-0.1, -0.05) is 24.3 Å². The molecule has 0 saturated carbocycles. The Morgan fingerprint density at radius 1 is 1.18 bits per heavy atom. The highest BCUT2D eigenvalue weighted by molar-refractivity contribution is 8.01. The van der Waals surface area contributed by atoms with Crippen molar-refractivity contribution in [3.05, 3.63) is 54.1 Å². The van der Waals surface area contributed by atoms with Gasteiger partial charge in [-0.15, -0.1) is 11.8 Å². The van der Waals surface area contributed by atoms with E-state index in [0.717, 1.165) is 29.1 Å². The van der Waals surface area contributed by atoms with Gasteiger partial charge < -0.3 is 15.5 Å². The van der Waals surface area contributed by atoms with Gasteiger partial charge in [-0.3, -0.25) is 14.4 Å². The number of carbonyl (C=O) groups is 3. The van der Waals surface area contributed by atoms with E-state index in [2.05, 4.69) is 10.6 Å². The lowest BCUT2D eigenvalue weighted by Crippen LogP contribution is -2.32. The molecule has 2 heterocycles. The van der Waals surface area contributed by atoms with Gasteiger partial charge >= 0.3 is 0 Å². The number of nitrogens with zero attached hydrogens (tertiary/aromatic N) is 1. The molecule has 1 atom stereocenters. The molecule has 3 amide bonds. The molecule has 0 bridgehead atoms. The molecule has 4 rings (SSSR count). The number of likely N-dealkylation sites (tertiary alicyclic amines) is 1. The van der Waals surface area contributed by atoms with Crippen molar-refractivity contribution in [2.24, 2.45) is 0 Å². The lowest BCUT2D eigenvalue weighted by atomic mass is 10.1. The van der Waals surface area contributed by atoms with Crippen molar-refractivity contribution in [3.8, 4) is 0 Å². The molecule has 0 spiro atoms. The lowest BCUT2D eigenvalue weighted by Gasteiger charge is -2.23. The predicted molar refractivity (Wildman–Crippen MR) is 109 cm³/mol. The summed E-state index contributed by atoms with van der Waals surface area (Å²) in [5.41, 5.74) is 2.45. The Bertz CT molecular complexity index is 931. The standard InChI is InChI=1S/C21H21N3O3S/c25-19(12-18-21(27)23-16-7-1-2-8-17(16)28-18)22-15-6-3-5-14(11-15)13-24-10-4-9-20(24)26/h1-3,5-8,11,18H,4,9-10,12-13H2,(H,22,25)(H,23,27). The van der Waals surface area contributed by atoms with Crippen molar-refractivity contribution in [2.45, 2.75) is 36.0 Å². The highest BCUT2D eigenvalue weighted by atomic mass is 32.2. The van der Waals surface area contributed by atoms with Crippen LogP contribution in [0, 0.1) is 0 Å². The number of thioether (sulfide) groups is 1. The van der Waals surface area contributed by atoms with Crippen LogP contribution >= 0.6 is 11.8 Å². The van der Waals surface area contributed by atoms with E-state index in [1.807, 2.05) is 53.4 Å². The Balaban J connectivity index is 1.37. The zero-order valence-corrected chi connectivity index (χ0v) is 16.1. The molecule has 1 unspecified atom stereocenters. The molecule has 2 aromatic carbocycles. The first-order valence-electron chi connectivity index (χ1n) is 9.31. The van der Waals surface area contributed by atoms with E-state index in [1.165, 1.54) is 11.8 Å². The third kappa shape index (κ3) is 4.20. The van der Waals surface area contributed by atoms with Crippen molar-refractivity contribution >= 4 is 40.9 Å². The molecule has 7 heteroatoms. The summed E-state index contributed by atoms with van der Waals surface area (Å²) in [6.45, 7) is 1.34. The van der Waals surface area contributed by atoms with Crippen LogP contribution in [0.4, 0.5) is 11.4 Å². The molecular weight excluding hydrogens is 374 g/mol. The Labute approximate surface area is 167 Å². The first-order chi connectivity index (χ1) is 13.6. The molecule has 6 nitrogen and oxygen atoms in total. The number of anilines is 2. The molecule has 2 aliphatic heterocycles. The number of nitrogens with one attached hydrogen (secondary N) is 2. The summed E-state index contributed by atoms with van der Waals surface area (Å²) in [5.74, 6) is -0.184. The fraction of sp³-hybridized carbons (Fsp3) is 0.286. The Hall–Kier alpha value is -2.80. The van der Waals surface area contributed by atoms with Gasteiger partial charge in [0.25, 0.3) is 0 Å². The molecular formula is C21H21N3O3S. The fourth-order valence-corrected chi connectivity index (χ4v) is 4.56. The summed E-state index contributed by atoms with van der Waals surface area (Å²) in [4.78, 5) is 39.4. The largest absolute Gasteiger partial charge is 0.338 e. The van der Waals surface area contributed by atoms with Crippen molar-refractivity contribution in [3.63, 3.8) is 0 Å². The van der Waals surface area contributed by atoms with Crippen molar-refractivity contribution in [1.82, 2.24) is 4.90 Å². The monoisotopic (exact) mass is 395 g/mol. The lowest BCUT2D eigenvalue weighted by molar-refractivity contribution is -0.128. The van der Waals surface area contributed by atoms with Gasteiger partial charge in [-0.25, -0.2) is 0 Å². The van der Waals surface area contributed by atoms with Gasteiger partial charge in [0.1, 0.15) is 0 Å². The number of amides is 3. The third-order valence-electron chi connectivity index (χ3n) is 4.83. The molecule has 144 valence electrons. The van der Waals surface area contributed by atoms with Crippen LogP contribution in [0.2, 0.25) is 0 Å². The van der Waals surface area contributed by atoms with Crippen molar-refractivity contribution in [2.75, 3.05) is 17.2 Å². The van der Waals surface area contributed by atoms with Crippen LogP contribution in [0.15, 0.2) is 53.4 Å². The van der Waals surface area contributed by atoms with Crippen LogP contribution in [0.25, 0.3) is 0 Å². The maximum absolute atomic E-state index is 12.5. The van der Waals surface area contributed by atoms with Crippen LogP contribution in [-0.4, -0.2) is 34.4 Å². The summed E-state index contributed by atoms with van der Waals surface area (Å²) >= 11 is 1.41. The highest BCUT2D eigenvalue weighted by Gasteiger charge is 2.28. The minimum Gasteiger partial charge on any atom is -0.338 e. The van der Waals surface area contributed by atoms with E-state index in [1.54, 1.807) is 0 Å². The van der Waals surface area contributed by atoms with E-state index in [0.29, 0.717) is 18.7 Å². The number of rotatable bonds is 5. The minimum atomic E-state index is -0.458. The number of para-hydroxylation sites is 1. The van der Waals surface area contributed by atoms with Crippen LogP contribution in [-0.2, 0) is 20.9 Å². The summed E-state index contributed by atoms with van der Waals surface area (Å²) in [5, 5.41) is 5.27. The minimum absolute atomic E-state index is 0.0969. The molecule has 2 aliphatic rings. The van der Waals surface area contributed by atoms with Crippen LogP contribution in [0.3, 0.4) is 0 Å². The van der Waals surface area contributed by atoms with Crippen LogP contribution in [0.1, 0.15) is 24.8 Å². The maximum Gasteiger partial charge on any atom is 0.238 e. The molecule has 0 aromatic heterocycles. The molecule has 0 radical (unpaired) electrons. The Morgan fingerprint density at radius 2 is 2.04 bits per heavy atom. The van der Waals surface area contributed by atoms with Gasteiger partial charge in [0.05, 0.1) is 10.9 Å². The van der Waals surface area contributed by atoms with Crippen LogP contribution < -0.4 is 10.6 Å². The van der Waals surface area contributed by atoms with E-state index in [4.69, 9.17) is 0 Å². The maximum atomic E-state index is 12.5. The van der Waals surface area contributed by atoms with Gasteiger partial charge in [-0.2, -0.15) is 0 Å². The summed E-state index contributed by atoms with van der Waals surface area (Å²) in [7, 11) is 0.